The highest BCUT2D eigenvalue weighted by Crippen LogP contribution is 2.35. The quantitative estimate of drug-likeness (QED) is 0.923. The van der Waals surface area contributed by atoms with Gasteiger partial charge in [-0.15, -0.1) is 0 Å². The monoisotopic (exact) mass is 291 g/mol. The Balaban J connectivity index is 2.13. The van der Waals surface area contributed by atoms with E-state index >= 15 is 0 Å². The van der Waals surface area contributed by atoms with Crippen molar-refractivity contribution in [1.29, 1.82) is 0 Å². The molecule has 0 spiro atoms. The standard InChI is InChI=1S/C16H21NO4/c1-11-3-4-15(21-10-16(19)20)14(9-11)13-5-7-17(8-6-13)12(2)18/h3-4,9,13H,5-8,10H2,1-2H3,(H,19,20). The van der Waals surface area contributed by atoms with Crippen LogP contribution in [0.1, 0.15) is 36.8 Å². The topological polar surface area (TPSA) is 66.8 Å². The van der Waals surface area contributed by atoms with Crippen molar-refractivity contribution in [2.75, 3.05) is 19.7 Å². The van der Waals surface area contributed by atoms with Crippen LogP contribution in [0.5, 0.6) is 5.75 Å². The third kappa shape index (κ3) is 3.97. The van der Waals surface area contributed by atoms with Gasteiger partial charge in [-0.1, -0.05) is 17.7 Å². The van der Waals surface area contributed by atoms with E-state index in [9.17, 15) is 9.59 Å². The number of carboxylic acid groups (broad SMARTS) is 1. The Morgan fingerprint density at radius 1 is 1.33 bits per heavy atom. The fourth-order valence-corrected chi connectivity index (χ4v) is 2.76. The summed E-state index contributed by atoms with van der Waals surface area (Å²) < 4.78 is 5.40. The summed E-state index contributed by atoms with van der Waals surface area (Å²) in [6.07, 6.45) is 1.76. The number of hydrogen-bond donors (Lipinski definition) is 1. The molecule has 0 aromatic heterocycles. The molecule has 0 atom stereocenters. The van der Waals surface area contributed by atoms with Crippen LogP contribution < -0.4 is 4.74 Å². The van der Waals surface area contributed by atoms with Crippen molar-refractivity contribution in [2.24, 2.45) is 0 Å². The molecule has 1 saturated heterocycles. The number of piperidine rings is 1. The van der Waals surface area contributed by atoms with E-state index in [0.29, 0.717) is 11.7 Å². The number of rotatable bonds is 4. The minimum absolute atomic E-state index is 0.111. The van der Waals surface area contributed by atoms with Crippen LogP contribution in [-0.4, -0.2) is 41.6 Å². The normalized spacial score (nSPS) is 15.8. The summed E-state index contributed by atoms with van der Waals surface area (Å²) in [6.45, 7) is 4.75. The van der Waals surface area contributed by atoms with Crippen LogP contribution in [0, 0.1) is 6.92 Å². The van der Waals surface area contributed by atoms with E-state index in [-0.39, 0.29) is 12.5 Å². The number of carbonyl (C=O) groups is 2. The van der Waals surface area contributed by atoms with Crippen molar-refractivity contribution in [2.45, 2.75) is 32.6 Å². The molecule has 1 amide bonds. The number of benzene rings is 1. The maximum atomic E-state index is 11.4. The molecule has 0 aliphatic carbocycles. The SMILES string of the molecule is CC(=O)N1CCC(c2cc(C)ccc2OCC(=O)O)CC1. The molecule has 0 bridgehead atoms. The molecule has 1 N–H and O–H groups in total. The molecule has 2 rings (SSSR count). The molecular weight excluding hydrogens is 270 g/mol. The third-order valence-corrected chi connectivity index (χ3v) is 3.90. The maximum Gasteiger partial charge on any atom is 0.341 e. The molecular formula is C16H21NO4. The lowest BCUT2D eigenvalue weighted by molar-refractivity contribution is -0.139. The Morgan fingerprint density at radius 3 is 2.57 bits per heavy atom. The zero-order valence-electron chi connectivity index (χ0n) is 12.5. The molecule has 5 nitrogen and oxygen atoms in total. The first-order chi connectivity index (χ1) is 9.97. The van der Waals surface area contributed by atoms with Gasteiger partial charge in [0.05, 0.1) is 0 Å². The van der Waals surface area contributed by atoms with Gasteiger partial charge in [-0.25, -0.2) is 4.79 Å². The van der Waals surface area contributed by atoms with E-state index < -0.39 is 5.97 Å². The zero-order chi connectivity index (χ0) is 15.4. The van der Waals surface area contributed by atoms with Gasteiger partial charge < -0.3 is 14.7 Å². The number of carbonyl (C=O) groups excluding carboxylic acids is 1. The van der Waals surface area contributed by atoms with Gasteiger partial charge in [0.2, 0.25) is 5.91 Å². The molecule has 0 radical (unpaired) electrons. The average molecular weight is 291 g/mol. The van der Waals surface area contributed by atoms with Crippen LogP contribution in [0.4, 0.5) is 0 Å². The number of aliphatic carboxylic acids is 1. The van der Waals surface area contributed by atoms with Crippen LogP contribution in [0.25, 0.3) is 0 Å². The zero-order valence-corrected chi connectivity index (χ0v) is 12.5. The molecule has 0 saturated carbocycles. The van der Waals surface area contributed by atoms with Crippen LogP contribution in [-0.2, 0) is 9.59 Å². The molecule has 1 aliphatic heterocycles. The first-order valence-electron chi connectivity index (χ1n) is 7.18. The van der Waals surface area contributed by atoms with Crippen LogP contribution >= 0.6 is 0 Å². The summed E-state index contributed by atoms with van der Waals surface area (Å²) in [7, 11) is 0. The number of hydrogen-bond acceptors (Lipinski definition) is 3. The van der Waals surface area contributed by atoms with Crippen molar-refractivity contribution in [1.82, 2.24) is 4.90 Å². The van der Waals surface area contributed by atoms with Crippen LogP contribution in [0.3, 0.4) is 0 Å². The molecule has 21 heavy (non-hydrogen) atoms. The lowest BCUT2D eigenvalue weighted by Gasteiger charge is -2.32. The molecule has 1 fully saturated rings. The van der Waals surface area contributed by atoms with Crippen LogP contribution in [0.2, 0.25) is 0 Å². The minimum atomic E-state index is -0.979. The van der Waals surface area contributed by atoms with Gasteiger partial charge in [0.25, 0.3) is 0 Å². The van der Waals surface area contributed by atoms with Crippen molar-refractivity contribution >= 4 is 11.9 Å². The van der Waals surface area contributed by atoms with Gasteiger partial charge in [0, 0.05) is 20.0 Å². The van der Waals surface area contributed by atoms with Crippen molar-refractivity contribution < 1.29 is 19.4 Å². The Bertz CT molecular complexity index is 533. The summed E-state index contributed by atoms with van der Waals surface area (Å²) in [5.74, 6) is 0.0848. The fourth-order valence-electron chi connectivity index (χ4n) is 2.76. The van der Waals surface area contributed by atoms with Gasteiger partial charge in [-0.3, -0.25) is 4.79 Å². The molecule has 0 unspecified atom stereocenters. The Hall–Kier alpha value is -2.04. The molecule has 1 aliphatic rings. The summed E-state index contributed by atoms with van der Waals surface area (Å²) in [4.78, 5) is 23.9. The first-order valence-corrected chi connectivity index (χ1v) is 7.18. The highest BCUT2D eigenvalue weighted by atomic mass is 16.5. The Morgan fingerprint density at radius 2 is 2.00 bits per heavy atom. The number of nitrogens with zero attached hydrogens (tertiary/aromatic N) is 1. The predicted molar refractivity (Wildman–Crippen MR) is 78.5 cm³/mol. The Kier molecular flexibility index (Phi) is 4.83. The smallest absolute Gasteiger partial charge is 0.341 e. The second-order valence-corrected chi connectivity index (χ2v) is 5.50. The van der Waals surface area contributed by atoms with Crippen LogP contribution in [0.15, 0.2) is 18.2 Å². The second-order valence-electron chi connectivity index (χ2n) is 5.50. The lowest BCUT2D eigenvalue weighted by atomic mass is 9.88. The van der Waals surface area contributed by atoms with Gasteiger partial charge >= 0.3 is 5.97 Å². The largest absolute Gasteiger partial charge is 0.482 e. The fraction of sp³-hybridized carbons (Fsp3) is 0.500. The minimum Gasteiger partial charge on any atom is -0.482 e. The highest BCUT2D eigenvalue weighted by Gasteiger charge is 2.24. The van der Waals surface area contributed by atoms with E-state index in [0.717, 1.165) is 37.1 Å². The second kappa shape index (κ2) is 6.61. The summed E-state index contributed by atoms with van der Waals surface area (Å²) in [6, 6.07) is 5.82. The van der Waals surface area contributed by atoms with Crippen molar-refractivity contribution in [3.05, 3.63) is 29.3 Å². The summed E-state index contributed by atoms with van der Waals surface area (Å²) in [5.41, 5.74) is 2.18. The number of ether oxygens (including phenoxy) is 1. The number of aryl methyl sites for hydroxylation is 1. The number of likely N-dealkylation sites (tertiary alicyclic amines) is 1. The molecule has 1 aromatic rings. The highest BCUT2D eigenvalue weighted by molar-refractivity contribution is 5.73. The number of carboxylic acids is 1. The van der Waals surface area contributed by atoms with E-state index in [4.69, 9.17) is 9.84 Å². The van der Waals surface area contributed by atoms with Gasteiger partial charge in [-0.05, 0) is 37.3 Å². The van der Waals surface area contributed by atoms with Gasteiger partial charge in [-0.2, -0.15) is 0 Å². The van der Waals surface area contributed by atoms with Gasteiger partial charge in [0.1, 0.15) is 5.75 Å². The summed E-state index contributed by atoms with van der Waals surface area (Å²) in [5, 5.41) is 8.76. The lowest BCUT2D eigenvalue weighted by Crippen LogP contribution is -2.36. The molecule has 1 aromatic carbocycles. The van der Waals surface area contributed by atoms with Crippen molar-refractivity contribution in [3.63, 3.8) is 0 Å². The van der Waals surface area contributed by atoms with E-state index in [1.54, 1.807) is 6.92 Å². The number of amides is 1. The van der Waals surface area contributed by atoms with Gasteiger partial charge in [0.15, 0.2) is 6.61 Å². The molecule has 114 valence electrons. The molecule has 1 heterocycles. The third-order valence-electron chi connectivity index (χ3n) is 3.90. The maximum absolute atomic E-state index is 11.4. The first kappa shape index (κ1) is 15.4. The molecule has 5 heteroatoms. The Labute approximate surface area is 124 Å². The van der Waals surface area contributed by atoms with E-state index in [1.165, 1.54) is 0 Å². The average Bonchev–Trinajstić information content (AvgIpc) is 2.46. The summed E-state index contributed by atoms with van der Waals surface area (Å²) >= 11 is 0. The van der Waals surface area contributed by atoms with E-state index in [1.807, 2.05) is 24.0 Å². The van der Waals surface area contributed by atoms with E-state index in [2.05, 4.69) is 6.07 Å². The van der Waals surface area contributed by atoms with Crippen molar-refractivity contribution in [3.8, 4) is 5.75 Å². The predicted octanol–water partition coefficient (Wildman–Crippen LogP) is 2.18.